The van der Waals surface area contributed by atoms with Gasteiger partial charge in [0.15, 0.2) is 0 Å². The third-order valence-corrected chi connectivity index (χ3v) is 6.52. The number of amides is 2. The van der Waals surface area contributed by atoms with Crippen molar-refractivity contribution < 1.29 is 33.6 Å². The molecule has 3 rings (SSSR count). The number of fused-ring (bicyclic) bond motifs is 1. The molecule has 1 saturated heterocycles. The van der Waals surface area contributed by atoms with E-state index in [0.717, 1.165) is 11.8 Å². The van der Waals surface area contributed by atoms with Crippen molar-refractivity contribution in [2.45, 2.75) is 50.0 Å². The number of carbonyl (C=O) groups is 4. The molecule has 33 heavy (non-hydrogen) atoms. The zero-order valence-electron chi connectivity index (χ0n) is 18.0. The van der Waals surface area contributed by atoms with Crippen LogP contribution in [-0.4, -0.2) is 56.8 Å². The van der Waals surface area contributed by atoms with Crippen LogP contribution in [-0.2, 0) is 35.3 Å². The number of nitro benzene ring substituents is 1. The van der Waals surface area contributed by atoms with Crippen LogP contribution in [0.5, 0.6) is 0 Å². The van der Waals surface area contributed by atoms with Crippen molar-refractivity contribution in [1.29, 1.82) is 0 Å². The minimum absolute atomic E-state index is 0.0783. The maximum absolute atomic E-state index is 12.9. The Morgan fingerprint density at radius 2 is 1.88 bits per heavy atom. The van der Waals surface area contributed by atoms with Crippen molar-refractivity contribution in [3.05, 3.63) is 51.7 Å². The molecular formula is C21H23N3O8S. The van der Waals surface area contributed by atoms with Crippen molar-refractivity contribution in [2.24, 2.45) is 0 Å². The Bertz CT molecular complexity index is 994. The molecule has 1 fully saturated rings. The second-order valence-electron chi connectivity index (χ2n) is 7.46. The molecule has 0 radical (unpaired) electrons. The van der Waals surface area contributed by atoms with Gasteiger partial charge in [0.2, 0.25) is 5.91 Å². The van der Waals surface area contributed by atoms with Gasteiger partial charge in [-0.25, -0.2) is 0 Å². The molecule has 2 amide bonds. The minimum Gasteiger partial charge on any atom is -0.461 e. The summed E-state index contributed by atoms with van der Waals surface area (Å²) in [5.74, 6) is -1.71. The standard InChI is InChI=1S/C21H23N3O8S/c1-3-4-16(26)22-17-19(27)23-9-14(11-31-12(2)25)18(33-20(17)23)21(28)32-10-13-5-7-15(8-6-13)24(29)30/h5-9,17-18,20H,3-4,10-11H2,1-2H3,(H,22,26)/t17?,18?,20-/m1/s1. The summed E-state index contributed by atoms with van der Waals surface area (Å²) in [4.78, 5) is 60.2. The lowest BCUT2D eigenvalue weighted by Crippen LogP contribution is -2.69. The molecule has 2 aliphatic heterocycles. The average Bonchev–Trinajstić information content (AvgIpc) is 2.79. The van der Waals surface area contributed by atoms with E-state index in [9.17, 15) is 29.3 Å². The first-order chi connectivity index (χ1) is 15.7. The summed E-state index contributed by atoms with van der Waals surface area (Å²) in [7, 11) is 0. The first kappa shape index (κ1) is 24.2. The largest absolute Gasteiger partial charge is 0.461 e. The van der Waals surface area contributed by atoms with E-state index in [1.54, 1.807) is 0 Å². The van der Waals surface area contributed by atoms with Gasteiger partial charge in [0.25, 0.3) is 11.6 Å². The molecule has 176 valence electrons. The van der Waals surface area contributed by atoms with Gasteiger partial charge in [-0.2, -0.15) is 0 Å². The lowest BCUT2D eigenvalue weighted by atomic mass is 10.1. The van der Waals surface area contributed by atoms with Gasteiger partial charge in [0.1, 0.15) is 29.9 Å². The molecule has 1 aromatic carbocycles. The Morgan fingerprint density at radius 3 is 2.48 bits per heavy atom. The molecule has 3 atom stereocenters. The highest BCUT2D eigenvalue weighted by Crippen LogP contribution is 2.41. The van der Waals surface area contributed by atoms with Crippen molar-refractivity contribution in [2.75, 3.05) is 6.61 Å². The third kappa shape index (κ3) is 5.69. The number of benzene rings is 1. The number of nitrogens with one attached hydrogen (secondary N) is 1. The number of thioether (sulfide) groups is 1. The Balaban J connectivity index is 1.70. The molecule has 0 bridgehead atoms. The smallest absolute Gasteiger partial charge is 0.323 e. The normalized spacial score (nSPS) is 21.3. The van der Waals surface area contributed by atoms with Gasteiger partial charge in [0, 0.05) is 37.3 Å². The van der Waals surface area contributed by atoms with Crippen LogP contribution in [0.25, 0.3) is 0 Å². The molecule has 12 heteroatoms. The number of rotatable bonds is 9. The zero-order chi connectivity index (χ0) is 24.1. The van der Waals surface area contributed by atoms with Crippen molar-refractivity contribution in [1.82, 2.24) is 10.2 Å². The zero-order valence-corrected chi connectivity index (χ0v) is 18.8. The number of hydrogen-bond acceptors (Lipinski definition) is 9. The van der Waals surface area contributed by atoms with Crippen LogP contribution in [0.3, 0.4) is 0 Å². The second-order valence-corrected chi connectivity index (χ2v) is 8.69. The second kappa shape index (κ2) is 10.5. The van der Waals surface area contributed by atoms with Crippen molar-refractivity contribution in [3.8, 4) is 0 Å². The van der Waals surface area contributed by atoms with E-state index in [2.05, 4.69) is 5.32 Å². The van der Waals surface area contributed by atoms with Gasteiger partial charge >= 0.3 is 11.9 Å². The summed E-state index contributed by atoms with van der Waals surface area (Å²) in [6.07, 6.45) is 2.39. The number of non-ortho nitro benzene ring substituents is 1. The molecule has 1 aromatic rings. The fourth-order valence-electron chi connectivity index (χ4n) is 3.30. The maximum atomic E-state index is 12.9. The Labute approximate surface area is 193 Å². The van der Waals surface area contributed by atoms with Crippen LogP contribution >= 0.6 is 11.8 Å². The van der Waals surface area contributed by atoms with Crippen LogP contribution in [0.15, 0.2) is 36.0 Å². The van der Waals surface area contributed by atoms with Crippen LogP contribution in [0.2, 0.25) is 0 Å². The summed E-state index contributed by atoms with van der Waals surface area (Å²) >= 11 is 1.13. The fourth-order valence-corrected chi connectivity index (χ4v) is 4.69. The van der Waals surface area contributed by atoms with Crippen LogP contribution in [0.4, 0.5) is 5.69 Å². The quantitative estimate of drug-likeness (QED) is 0.243. The number of nitrogens with zero attached hydrogens (tertiary/aromatic N) is 2. The number of carbonyl (C=O) groups excluding carboxylic acids is 4. The average molecular weight is 477 g/mol. The van der Waals surface area contributed by atoms with E-state index >= 15 is 0 Å². The molecule has 0 aromatic heterocycles. The fraction of sp³-hybridized carbons (Fsp3) is 0.429. The topological polar surface area (TPSA) is 145 Å². The van der Waals surface area contributed by atoms with Crippen molar-refractivity contribution >= 4 is 41.2 Å². The minimum atomic E-state index is -0.859. The number of ether oxygens (including phenoxy) is 2. The summed E-state index contributed by atoms with van der Waals surface area (Å²) < 4.78 is 10.4. The monoisotopic (exact) mass is 477 g/mol. The molecule has 2 heterocycles. The maximum Gasteiger partial charge on any atom is 0.323 e. The van der Waals surface area contributed by atoms with Gasteiger partial charge in [-0.05, 0) is 24.1 Å². The summed E-state index contributed by atoms with van der Waals surface area (Å²) in [6, 6.07) is 4.84. The van der Waals surface area contributed by atoms with E-state index in [0.29, 0.717) is 17.6 Å². The lowest BCUT2D eigenvalue weighted by Gasteiger charge is -2.48. The molecular weight excluding hydrogens is 454 g/mol. The molecule has 0 spiro atoms. The highest BCUT2D eigenvalue weighted by molar-refractivity contribution is 8.01. The first-order valence-electron chi connectivity index (χ1n) is 10.2. The SMILES string of the molecule is CCCC(=O)NC1C(=O)N2C=C(COC(C)=O)C(C(=O)OCc3ccc([N+](=O)[O-])cc3)S[C@H]12. The molecule has 2 aliphatic rings. The van der Waals surface area contributed by atoms with Crippen LogP contribution in [0, 0.1) is 10.1 Å². The molecule has 2 unspecified atom stereocenters. The Hall–Kier alpha value is -3.41. The summed E-state index contributed by atoms with van der Waals surface area (Å²) in [6.45, 7) is 2.78. The first-order valence-corrected chi connectivity index (χ1v) is 11.2. The van der Waals surface area contributed by atoms with Gasteiger partial charge in [0.05, 0.1) is 4.92 Å². The lowest BCUT2D eigenvalue weighted by molar-refractivity contribution is -0.384. The van der Waals surface area contributed by atoms with Gasteiger partial charge in [-0.15, -0.1) is 11.8 Å². The Kier molecular flexibility index (Phi) is 7.69. The predicted molar refractivity (Wildman–Crippen MR) is 116 cm³/mol. The van der Waals surface area contributed by atoms with Gasteiger partial charge in [-0.1, -0.05) is 6.92 Å². The number of β-lactam (4-membered cyclic amide) rings is 1. The highest BCUT2D eigenvalue weighted by atomic mass is 32.2. The van der Waals surface area contributed by atoms with E-state index < -0.39 is 33.5 Å². The Morgan fingerprint density at radius 1 is 1.18 bits per heavy atom. The van der Waals surface area contributed by atoms with Gasteiger partial charge < -0.3 is 19.7 Å². The van der Waals surface area contributed by atoms with Crippen LogP contribution in [0.1, 0.15) is 32.3 Å². The molecule has 1 N–H and O–H groups in total. The van der Waals surface area contributed by atoms with E-state index in [1.165, 1.54) is 42.3 Å². The molecule has 0 aliphatic carbocycles. The van der Waals surface area contributed by atoms with E-state index in [-0.39, 0.29) is 37.1 Å². The van der Waals surface area contributed by atoms with E-state index in [4.69, 9.17) is 9.47 Å². The number of esters is 2. The number of nitro groups is 1. The summed E-state index contributed by atoms with van der Waals surface area (Å²) in [5, 5.41) is 12.1. The third-order valence-electron chi connectivity index (χ3n) is 4.98. The highest BCUT2D eigenvalue weighted by Gasteiger charge is 2.53. The number of hydrogen-bond donors (Lipinski definition) is 1. The summed E-state index contributed by atoms with van der Waals surface area (Å²) in [5.41, 5.74) is 0.864. The van der Waals surface area contributed by atoms with E-state index in [1.807, 2.05) is 6.92 Å². The molecule has 0 saturated carbocycles. The predicted octanol–water partition coefficient (Wildman–Crippen LogP) is 1.65. The van der Waals surface area contributed by atoms with Crippen LogP contribution < -0.4 is 5.32 Å². The molecule has 11 nitrogen and oxygen atoms in total. The van der Waals surface area contributed by atoms with Gasteiger partial charge in [-0.3, -0.25) is 29.3 Å². The van der Waals surface area contributed by atoms with Crippen molar-refractivity contribution in [3.63, 3.8) is 0 Å².